The van der Waals surface area contributed by atoms with E-state index in [0.717, 1.165) is 4.90 Å². The van der Waals surface area contributed by atoms with E-state index in [1.54, 1.807) is 18.2 Å². The Morgan fingerprint density at radius 1 is 1.44 bits per heavy atom. The molecule has 0 spiro atoms. The maximum Gasteiger partial charge on any atom is 0.241 e. The third-order valence-corrected chi connectivity index (χ3v) is 6.12. The highest BCUT2D eigenvalue weighted by Crippen LogP contribution is 2.53. The van der Waals surface area contributed by atoms with Gasteiger partial charge in [0.1, 0.15) is 10.7 Å². The van der Waals surface area contributed by atoms with Crippen LogP contribution in [0.25, 0.3) is 0 Å². The van der Waals surface area contributed by atoms with E-state index < -0.39 is 39.4 Å². The van der Waals surface area contributed by atoms with Crippen molar-refractivity contribution in [1.82, 2.24) is 9.88 Å². The van der Waals surface area contributed by atoms with Gasteiger partial charge >= 0.3 is 0 Å². The van der Waals surface area contributed by atoms with Crippen LogP contribution in [0.3, 0.4) is 0 Å². The third kappa shape index (κ3) is 4.81. The van der Waals surface area contributed by atoms with Crippen LogP contribution in [0.5, 0.6) is 0 Å². The van der Waals surface area contributed by atoms with Crippen LogP contribution in [0, 0.1) is 11.3 Å². The van der Waals surface area contributed by atoms with Crippen molar-refractivity contribution < 1.29 is 18.7 Å². The summed E-state index contributed by atoms with van der Waals surface area (Å²) < 4.78 is 21.8. The van der Waals surface area contributed by atoms with Crippen LogP contribution in [0.4, 0.5) is 0 Å². The van der Waals surface area contributed by atoms with Crippen molar-refractivity contribution in [3.63, 3.8) is 0 Å². The summed E-state index contributed by atoms with van der Waals surface area (Å²) in [5.41, 5.74) is 5.62. The standard InChI is InChI=1S/C18H26N4O4S/c1-12(2)11-14(20)17(24)22-10-6-4-7-13(19)16(23)18(22)27(25,26)15-8-3-5-9-21-15/h3-5,7-9,12,14,18-19,25-26H,6,10-11,20H2,1-2H3/t14-,18?/m0/s1. The molecule has 2 atom stereocenters. The van der Waals surface area contributed by atoms with Crippen molar-refractivity contribution in [3.8, 4) is 0 Å². The molecule has 1 aliphatic rings. The van der Waals surface area contributed by atoms with Crippen LogP contribution < -0.4 is 5.73 Å². The number of ketones is 1. The topological polar surface area (TPSA) is 141 Å². The number of nitrogens with two attached hydrogens (primary N) is 1. The number of pyridine rings is 1. The zero-order chi connectivity index (χ0) is 20.2. The Balaban J connectivity index is 2.50. The Bertz CT molecular complexity index is 736. The lowest BCUT2D eigenvalue weighted by Gasteiger charge is -2.44. The van der Waals surface area contributed by atoms with Gasteiger partial charge in [0.05, 0.1) is 6.04 Å². The third-order valence-electron chi connectivity index (χ3n) is 4.18. The average molecular weight is 394 g/mol. The minimum Gasteiger partial charge on any atom is -0.320 e. The minimum absolute atomic E-state index is 0.0908. The van der Waals surface area contributed by atoms with E-state index in [0.29, 0.717) is 12.8 Å². The summed E-state index contributed by atoms with van der Waals surface area (Å²) in [4.78, 5) is 30.9. The SMILES string of the molecule is CC(C)C[C@H](N)C(=O)N1CCC=CC(=N)C(=O)C1S(O)(O)c1ccccn1. The van der Waals surface area contributed by atoms with Gasteiger partial charge in [-0.25, -0.2) is 4.98 Å². The van der Waals surface area contributed by atoms with Crippen LogP contribution in [0.2, 0.25) is 0 Å². The first-order chi connectivity index (χ1) is 12.7. The molecule has 1 aromatic heterocycles. The van der Waals surface area contributed by atoms with Crippen LogP contribution in [0.15, 0.2) is 41.6 Å². The highest BCUT2D eigenvalue weighted by Gasteiger charge is 2.44. The monoisotopic (exact) mass is 394 g/mol. The number of amides is 1. The van der Waals surface area contributed by atoms with Crippen molar-refractivity contribution in [1.29, 1.82) is 5.41 Å². The van der Waals surface area contributed by atoms with E-state index in [-0.39, 0.29) is 17.5 Å². The molecule has 1 aromatic rings. The van der Waals surface area contributed by atoms with Crippen molar-refractivity contribution in [3.05, 3.63) is 36.5 Å². The molecule has 0 aromatic carbocycles. The molecule has 0 fully saturated rings. The first-order valence-electron chi connectivity index (χ1n) is 8.69. The first kappa shape index (κ1) is 21.2. The van der Waals surface area contributed by atoms with Gasteiger partial charge < -0.3 is 10.6 Å². The van der Waals surface area contributed by atoms with Crippen molar-refractivity contribution >= 4 is 28.0 Å². The number of rotatable bonds is 5. The molecule has 148 valence electrons. The Labute approximate surface area is 160 Å². The van der Waals surface area contributed by atoms with E-state index in [1.807, 2.05) is 13.8 Å². The molecule has 0 radical (unpaired) electrons. The van der Waals surface area contributed by atoms with E-state index in [4.69, 9.17) is 11.1 Å². The van der Waals surface area contributed by atoms with Crippen molar-refractivity contribution in [2.24, 2.45) is 11.7 Å². The lowest BCUT2D eigenvalue weighted by Crippen LogP contribution is -2.55. The molecule has 2 heterocycles. The highest BCUT2D eigenvalue weighted by atomic mass is 32.3. The number of nitrogens with zero attached hydrogens (tertiary/aromatic N) is 2. The number of Topliss-reactive ketones (excluding diaryl/α,β-unsaturated/α-hetero) is 1. The molecule has 27 heavy (non-hydrogen) atoms. The smallest absolute Gasteiger partial charge is 0.241 e. The first-order valence-corrected chi connectivity index (χ1v) is 10.3. The molecule has 9 heteroatoms. The summed E-state index contributed by atoms with van der Waals surface area (Å²) in [5, 5.41) is 6.19. The Morgan fingerprint density at radius 2 is 2.15 bits per heavy atom. The number of allylic oxidation sites excluding steroid dienone is 1. The molecule has 1 unspecified atom stereocenters. The predicted molar refractivity (Wildman–Crippen MR) is 105 cm³/mol. The second kappa shape index (κ2) is 8.75. The van der Waals surface area contributed by atoms with Gasteiger partial charge in [0.25, 0.3) is 0 Å². The number of hydrogen-bond donors (Lipinski definition) is 4. The van der Waals surface area contributed by atoms with Gasteiger partial charge in [-0.1, -0.05) is 26.0 Å². The number of aromatic nitrogens is 1. The quantitative estimate of drug-likeness (QED) is 0.604. The number of carbonyl (C=O) groups is 2. The molecule has 0 bridgehead atoms. The molecule has 5 N–H and O–H groups in total. The fourth-order valence-corrected chi connectivity index (χ4v) is 4.62. The second-order valence-electron chi connectivity index (χ2n) is 6.85. The average Bonchev–Trinajstić information content (AvgIpc) is 2.61. The van der Waals surface area contributed by atoms with Crippen LogP contribution in [-0.4, -0.2) is 54.4 Å². The molecule has 2 rings (SSSR count). The van der Waals surface area contributed by atoms with Gasteiger partial charge in [0.2, 0.25) is 11.7 Å². The van der Waals surface area contributed by atoms with E-state index in [9.17, 15) is 18.7 Å². The number of nitrogens with one attached hydrogen (secondary N) is 1. The summed E-state index contributed by atoms with van der Waals surface area (Å²) in [7, 11) is -3.83. The van der Waals surface area contributed by atoms with Crippen LogP contribution >= 0.6 is 10.6 Å². The molecule has 8 nitrogen and oxygen atoms in total. The molecule has 1 aliphatic heterocycles. The summed E-state index contributed by atoms with van der Waals surface area (Å²) >= 11 is 0. The second-order valence-corrected chi connectivity index (χ2v) is 8.90. The van der Waals surface area contributed by atoms with Crippen LogP contribution in [0.1, 0.15) is 26.7 Å². The maximum absolute atomic E-state index is 13.0. The zero-order valence-corrected chi connectivity index (χ0v) is 16.2. The normalized spacial score (nSPS) is 20.4. The molecular weight excluding hydrogens is 368 g/mol. The van der Waals surface area contributed by atoms with Gasteiger partial charge in [0.15, 0.2) is 5.37 Å². The summed E-state index contributed by atoms with van der Waals surface area (Å²) in [5.74, 6) is -1.23. The summed E-state index contributed by atoms with van der Waals surface area (Å²) in [6.07, 6.45) is 5.06. The lowest BCUT2D eigenvalue weighted by molar-refractivity contribution is -0.137. The zero-order valence-electron chi connectivity index (χ0n) is 15.4. The maximum atomic E-state index is 13.0. The molecule has 0 saturated heterocycles. The van der Waals surface area contributed by atoms with Gasteiger partial charge in [-0.15, -0.1) is 10.6 Å². The van der Waals surface area contributed by atoms with Gasteiger partial charge in [0, 0.05) is 12.7 Å². The van der Waals surface area contributed by atoms with Gasteiger partial charge in [-0.05, 0) is 37.0 Å². The Kier molecular flexibility index (Phi) is 6.88. The van der Waals surface area contributed by atoms with E-state index in [2.05, 4.69) is 4.98 Å². The Hall–Kier alpha value is -2.07. The van der Waals surface area contributed by atoms with E-state index >= 15 is 0 Å². The number of carbonyl (C=O) groups excluding carboxylic acids is 2. The Morgan fingerprint density at radius 3 is 2.74 bits per heavy atom. The largest absolute Gasteiger partial charge is 0.320 e. The molecule has 1 amide bonds. The highest BCUT2D eigenvalue weighted by molar-refractivity contribution is 8.25. The van der Waals surface area contributed by atoms with Gasteiger partial charge in [-0.2, -0.15) is 0 Å². The van der Waals surface area contributed by atoms with Gasteiger partial charge in [-0.3, -0.25) is 24.1 Å². The molecule has 0 saturated carbocycles. The van der Waals surface area contributed by atoms with Crippen LogP contribution in [-0.2, 0) is 9.59 Å². The fraction of sp³-hybridized carbons (Fsp3) is 0.444. The lowest BCUT2D eigenvalue weighted by atomic mass is 10.0. The van der Waals surface area contributed by atoms with Crippen molar-refractivity contribution in [2.75, 3.05) is 6.54 Å². The minimum atomic E-state index is -3.83. The fourth-order valence-electron chi connectivity index (χ4n) is 2.90. The van der Waals surface area contributed by atoms with Crippen molar-refractivity contribution in [2.45, 2.75) is 43.1 Å². The molecular formula is C18H26N4O4S. The number of hydrogen-bond acceptors (Lipinski definition) is 7. The van der Waals surface area contributed by atoms with E-state index in [1.165, 1.54) is 18.3 Å². The molecule has 0 aliphatic carbocycles. The summed E-state index contributed by atoms with van der Waals surface area (Å²) in [6, 6.07) is 3.67. The predicted octanol–water partition coefficient (Wildman–Crippen LogP) is 2.27. The summed E-state index contributed by atoms with van der Waals surface area (Å²) in [6.45, 7) is 3.93.